The van der Waals surface area contributed by atoms with E-state index in [-0.39, 0.29) is 25.3 Å². The van der Waals surface area contributed by atoms with E-state index in [0.29, 0.717) is 0 Å². The lowest BCUT2D eigenvalue weighted by Gasteiger charge is -2.22. The second-order valence-electron chi connectivity index (χ2n) is 4.74. The van der Waals surface area contributed by atoms with Gasteiger partial charge in [-0.1, -0.05) is 12.8 Å². The zero-order valence-electron chi connectivity index (χ0n) is 9.82. The summed E-state index contributed by atoms with van der Waals surface area (Å²) < 4.78 is 0. The quantitative estimate of drug-likeness (QED) is 0.508. The number of amides is 1. The van der Waals surface area contributed by atoms with Crippen molar-refractivity contribution in [2.45, 2.75) is 50.2 Å². The molecular formula is C11H20N2O4. The summed E-state index contributed by atoms with van der Waals surface area (Å²) in [5.74, 6) is -1.45. The molecule has 0 aliphatic heterocycles. The second-order valence-corrected chi connectivity index (χ2v) is 4.74. The van der Waals surface area contributed by atoms with Crippen molar-refractivity contribution in [1.29, 1.82) is 0 Å². The minimum Gasteiger partial charge on any atom is -0.479 e. The maximum atomic E-state index is 11.5. The van der Waals surface area contributed by atoms with E-state index in [1.165, 1.54) is 0 Å². The molecule has 6 heteroatoms. The first-order chi connectivity index (χ1) is 7.93. The summed E-state index contributed by atoms with van der Waals surface area (Å²) in [6, 6.07) is 0. The van der Waals surface area contributed by atoms with Gasteiger partial charge in [0.2, 0.25) is 5.91 Å². The molecule has 5 N–H and O–H groups in total. The summed E-state index contributed by atoms with van der Waals surface area (Å²) in [7, 11) is 0. The molecule has 0 bridgehead atoms. The molecule has 0 saturated heterocycles. The number of hydrogen-bond donors (Lipinski definition) is 4. The number of carboxylic acid groups (broad SMARTS) is 1. The van der Waals surface area contributed by atoms with Crippen LogP contribution in [-0.2, 0) is 9.59 Å². The summed E-state index contributed by atoms with van der Waals surface area (Å²) in [4.78, 5) is 21.9. The van der Waals surface area contributed by atoms with Gasteiger partial charge < -0.3 is 21.3 Å². The van der Waals surface area contributed by atoms with Gasteiger partial charge in [0.25, 0.3) is 0 Å². The van der Waals surface area contributed by atoms with Crippen LogP contribution < -0.4 is 11.1 Å². The van der Waals surface area contributed by atoms with E-state index < -0.39 is 17.6 Å². The van der Waals surface area contributed by atoms with E-state index in [4.69, 9.17) is 15.9 Å². The molecule has 1 fully saturated rings. The monoisotopic (exact) mass is 244 g/mol. The molecule has 1 atom stereocenters. The first-order valence-electron chi connectivity index (χ1n) is 5.89. The Labute approximate surface area is 100 Å². The Morgan fingerprint density at radius 2 is 1.94 bits per heavy atom. The molecule has 17 heavy (non-hydrogen) atoms. The first-order valence-corrected chi connectivity index (χ1v) is 5.89. The topological polar surface area (TPSA) is 113 Å². The highest BCUT2D eigenvalue weighted by Crippen LogP contribution is 2.29. The van der Waals surface area contributed by atoms with Crippen molar-refractivity contribution in [3.05, 3.63) is 0 Å². The number of nitrogens with one attached hydrogen (secondary N) is 1. The van der Waals surface area contributed by atoms with Crippen LogP contribution in [0.15, 0.2) is 0 Å². The van der Waals surface area contributed by atoms with Crippen molar-refractivity contribution in [2.24, 2.45) is 5.73 Å². The van der Waals surface area contributed by atoms with Crippen LogP contribution in [0.5, 0.6) is 0 Å². The predicted molar refractivity (Wildman–Crippen MR) is 61.3 cm³/mol. The smallest absolute Gasteiger partial charge is 0.332 e. The summed E-state index contributed by atoms with van der Waals surface area (Å²) in [5, 5.41) is 20.0. The van der Waals surface area contributed by atoms with Crippen LogP contribution >= 0.6 is 0 Å². The number of hydrogen-bond acceptors (Lipinski definition) is 4. The maximum absolute atomic E-state index is 11.5. The van der Waals surface area contributed by atoms with Crippen molar-refractivity contribution in [3.8, 4) is 0 Å². The van der Waals surface area contributed by atoms with Crippen molar-refractivity contribution in [2.75, 3.05) is 6.54 Å². The zero-order chi connectivity index (χ0) is 12.9. The molecule has 1 saturated carbocycles. The van der Waals surface area contributed by atoms with Gasteiger partial charge in [0.15, 0.2) is 6.10 Å². The van der Waals surface area contributed by atoms with Gasteiger partial charge in [-0.2, -0.15) is 0 Å². The molecule has 1 unspecified atom stereocenters. The van der Waals surface area contributed by atoms with Gasteiger partial charge in [0.1, 0.15) is 0 Å². The van der Waals surface area contributed by atoms with Crippen LogP contribution in [0.25, 0.3) is 0 Å². The van der Waals surface area contributed by atoms with E-state index in [9.17, 15) is 9.59 Å². The van der Waals surface area contributed by atoms with Gasteiger partial charge in [0.05, 0.1) is 0 Å². The third kappa shape index (κ3) is 4.70. The lowest BCUT2D eigenvalue weighted by Crippen LogP contribution is -2.42. The molecule has 98 valence electrons. The fraction of sp³-hybridized carbons (Fsp3) is 0.818. The highest BCUT2D eigenvalue weighted by atomic mass is 16.4. The van der Waals surface area contributed by atoms with E-state index in [2.05, 4.69) is 5.32 Å². The third-order valence-corrected chi connectivity index (χ3v) is 3.14. The van der Waals surface area contributed by atoms with Crippen LogP contribution in [0.4, 0.5) is 0 Å². The molecule has 1 rings (SSSR count). The lowest BCUT2D eigenvalue weighted by molar-refractivity contribution is -0.147. The van der Waals surface area contributed by atoms with Gasteiger partial charge in [-0.3, -0.25) is 4.79 Å². The third-order valence-electron chi connectivity index (χ3n) is 3.14. The number of aliphatic carboxylic acids is 1. The fourth-order valence-corrected chi connectivity index (χ4v) is 2.11. The average molecular weight is 244 g/mol. The molecule has 0 aromatic carbocycles. The van der Waals surface area contributed by atoms with Gasteiger partial charge >= 0.3 is 5.97 Å². The van der Waals surface area contributed by atoms with E-state index in [0.717, 1.165) is 25.7 Å². The Bertz CT molecular complexity index is 287. The Kier molecular flexibility index (Phi) is 4.89. The number of nitrogens with two attached hydrogens (primary N) is 1. The number of aliphatic hydroxyl groups is 1. The number of rotatable bonds is 6. The first kappa shape index (κ1) is 13.9. The molecule has 0 spiro atoms. The van der Waals surface area contributed by atoms with Gasteiger partial charge in [-0.25, -0.2) is 4.79 Å². The van der Waals surface area contributed by atoms with Crippen LogP contribution in [-0.4, -0.2) is 40.3 Å². The Morgan fingerprint density at radius 1 is 1.35 bits per heavy atom. The van der Waals surface area contributed by atoms with Gasteiger partial charge in [-0.15, -0.1) is 0 Å². The standard InChI is InChI=1S/C11H20N2O4/c12-11(4-1-2-5-11)7-9(15)13-6-3-8(14)10(16)17/h8,14H,1-7,12H2,(H,13,15)(H,16,17). The second kappa shape index (κ2) is 5.97. The molecule has 1 amide bonds. The predicted octanol–water partition coefficient (Wildman–Crippen LogP) is -0.400. The normalized spacial score (nSPS) is 19.9. The van der Waals surface area contributed by atoms with Crippen LogP contribution in [0.2, 0.25) is 0 Å². The summed E-state index contributed by atoms with van der Waals surface area (Å²) >= 11 is 0. The lowest BCUT2D eigenvalue weighted by atomic mass is 9.94. The molecule has 0 aromatic heterocycles. The SMILES string of the molecule is NC1(CC(=O)NCCC(O)C(=O)O)CCCC1. The summed E-state index contributed by atoms with van der Waals surface area (Å²) in [6.07, 6.45) is 2.70. The average Bonchev–Trinajstić information content (AvgIpc) is 2.64. The molecule has 1 aliphatic carbocycles. The van der Waals surface area contributed by atoms with Crippen LogP contribution in [0.1, 0.15) is 38.5 Å². The Hall–Kier alpha value is -1.14. The molecule has 0 aromatic rings. The number of carbonyl (C=O) groups is 2. The van der Waals surface area contributed by atoms with Gasteiger partial charge in [-0.05, 0) is 12.8 Å². The molecule has 0 heterocycles. The number of carboxylic acids is 1. The fourth-order valence-electron chi connectivity index (χ4n) is 2.11. The van der Waals surface area contributed by atoms with E-state index in [1.54, 1.807) is 0 Å². The van der Waals surface area contributed by atoms with E-state index >= 15 is 0 Å². The molecule has 1 aliphatic rings. The zero-order valence-corrected chi connectivity index (χ0v) is 9.82. The Balaban J connectivity index is 2.19. The van der Waals surface area contributed by atoms with E-state index in [1.807, 2.05) is 0 Å². The summed E-state index contributed by atoms with van der Waals surface area (Å²) in [5.41, 5.74) is 5.64. The largest absolute Gasteiger partial charge is 0.479 e. The summed E-state index contributed by atoms with van der Waals surface area (Å²) in [6.45, 7) is 0.155. The van der Waals surface area contributed by atoms with Gasteiger partial charge in [0, 0.05) is 24.9 Å². The number of aliphatic hydroxyl groups excluding tert-OH is 1. The van der Waals surface area contributed by atoms with Crippen molar-refractivity contribution in [3.63, 3.8) is 0 Å². The van der Waals surface area contributed by atoms with Crippen molar-refractivity contribution >= 4 is 11.9 Å². The molecule has 6 nitrogen and oxygen atoms in total. The van der Waals surface area contributed by atoms with Crippen molar-refractivity contribution in [1.82, 2.24) is 5.32 Å². The van der Waals surface area contributed by atoms with Crippen LogP contribution in [0.3, 0.4) is 0 Å². The molecule has 0 radical (unpaired) electrons. The Morgan fingerprint density at radius 3 is 2.47 bits per heavy atom. The maximum Gasteiger partial charge on any atom is 0.332 e. The molecular weight excluding hydrogens is 224 g/mol. The van der Waals surface area contributed by atoms with Crippen molar-refractivity contribution < 1.29 is 19.8 Å². The minimum absolute atomic E-state index is 0.0125. The van der Waals surface area contributed by atoms with Crippen LogP contribution in [0, 0.1) is 0 Å². The minimum atomic E-state index is -1.42. The highest BCUT2D eigenvalue weighted by molar-refractivity contribution is 5.77. The number of carbonyl (C=O) groups excluding carboxylic acids is 1. The highest BCUT2D eigenvalue weighted by Gasteiger charge is 2.31.